The molecule has 0 aliphatic carbocycles. The number of anilines is 3. The third-order valence-corrected chi connectivity index (χ3v) is 4.49. The van der Waals surface area contributed by atoms with Crippen molar-refractivity contribution in [1.29, 1.82) is 0 Å². The van der Waals surface area contributed by atoms with E-state index in [4.69, 9.17) is 0 Å². The van der Waals surface area contributed by atoms with Gasteiger partial charge in [-0.1, -0.05) is 22.9 Å². The second kappa shape index (κ2) is 6.22. The number of hydrogen-bond donors (Lipinski definition) is 2. The predicted octanol–water partition coefficient (Wildman–Crippen LogP) is 4.20. The van der Waals surface area contributed by atoms with Gasteiger partial charge < -0.3 is 10.6 Å². The summed E-state index contributed by atoms with van der Waals surface area (Å²) in [5.74, 6) is 1.73. The molecule has 0 saturated carbocycles. The standard InChI is InChI=1S/C15H19BrN4/c1-5-12-14(17-4)18-8-19-15(12)20-11-6-9(2)13(16)10(3)7-11/h6-8H,5H2,1-4H3,(H2,17,18,19,20). The lowest BCUT2D eigenvalue weighted by atomic mass is 10.1. The van der Waals surface area contributed by atoms with E-state index in [-0.39, 0.29) is 0 Å². The van der Waals surface area contributed by atoms with Crippen LogP contribution in [0.3, 0.4) is 0 Å². The highest BCUT2D eigenvalue weighted by Gasteiger charge is 2.10. The van der Waals surface area contributed by atoms with Crippen LogP contribution < -0.4 is 10.6 Å². The molecule has 0 fully saturated rings. The minimum Gasteiger partial charge on any atom is -0.373 e. The van der Waals surface area contributed by atoms with Crippen LogP contribution in [0.15, 0.2) is 22.9 Å². The van der Waals surface area contributed by atoms with Crippen molar-refractivity contribution in [1.82, 2.24) is 9.97 Å². The van der Waals surface area contributed by atoms with Gasteiger partial charge in [0.15, 0.2) is 0 Å². The van der Waals surface area contributed by atoms with Crippen molar-refractivity contribution in [2.24, 2.45) is 0 Å². The first-order chi connectivity index (χ1) is 9.56. The van der Waals surface area contributed by atoms with E-state index < -0.39 is 0 Å². The maximum Gasteiger partial charge on any atom is 0.139 e. The van der Waals surface area contributed by atoms with Crippen LogP contribution in [0.5, 0.6) is 0 Å². The minimum atomic E-state index is 0.855. The SMILES string of the molecule is CCc1c(NC)ncnc1Nc1cc(C)c(Br)c(C)c1. The zero-order valence-corrected chi connectivity index (χ0v) is 13.8. The Bertz CT molecular complexity index is 602. The van der Waals surface area contributed by atoms with Crippen molar-refractivity contribution in [2.75, 3.05) is 17.7 Å². The molecular weight excluding hydrogens is 316 g/mol. The van der Waals surface area contributed by atoms with Gasteiger partial charge in [0.2, 0.25) is 0 Å². The van der Waals surface area contributed by atoms with Crippen molar-refractivity contribution in [3.63, 3.8) is 0 Å². The Hall–Kier alpha value is -1.62. The molecule has 5 heteroatoms. The maximum atomic E-state index is 4.36. The van der Waals surface area contributed by atoms with Crippen LogP contribution in [0.4, 0.5) is 17.3 Å². The Morgan fingerprint density at radius 1 is 1.10 bits per heavy atom. The fourth-order valence-corrected chi connectivity index (χ4v) is 2.45. The number of aryl methyl sites for hydroxylation is 2. The summed E-state index contributed by atoms with van der Waals surface area (Å²) in [5.41, 5.74) is 4.54. The molecule has 20 heavy (non-hydrogen) atoms. The molecule has 0 amide bonds. The number of nitrogens with zero attached hydrogens (tertiary/aromatic N) is 2. The first kappa shape index (κ1) is 14.8. The highest BCUT2D eigenvalue weighted by molar-refractivity contribution is 9.10. The number of rotatable bonds is 4. The molecule has 2 N–H and O–H groups in total. The van der Waals surface area contributed by atoms with Gasteiger partial charge in [0.1, 0.15) is 18.0 Å². The van der Waals surface area contributed by atoms with E-state index in [2.05, 4.69) is 69.4 Å². The lowest BCUT2D eigenvalue weighted by molar-refractivity contribution is 1.05. The lowest BCUT2D eigenvalue weighted by Gasteiger charge is -2.14. The number of benzene rings is 1. The molecule has 1 heterocycles. The molecule has 0 bridgehead atoms. The quantitative estimate of drug-likeness (QED) is 0.879. The van der Waals surface area contributed by atoms with Crippen LogP contribution in [-0.2, 0) is 6.42 Å². The van der Waals surface area contributed by atoms with Gasteiger partial charge in [0.25, 0.3) is 0 Å². The summed E-state index contributed by atoms with van der Waals surface area (Å²) in [7, 11) is 1.87. The molecule has 0 atom stereocenters. The topological polar surface area (TPSA) is 49.8 Å². The number of hydrogen-bond acceptors (Lipinski definition) is 4. The smallest absolute Gasteiger partial charge is 0.139 e. The Balaban J connectivity index is 2.40. The highest BCUT2D eigenvalue weighted by atomic mass is 79.9. The van der Waals surface area contributed by atoms with Crippen molar-refractivity contribution in [2.45, 2.75) is 27.2 Å². The van der Waals surface area contributed by atoms with Gasteiger partial charge in [-0.15, -0.1) is 0 Å². The van der Waals surface area contributed by atoms with E-state index in [0.29, 0.717) is 0 Å². The number of halogens is 1. The average molecular weight is 335 g/mol. The molecule has 2 rings (SSSR count). The number of nitrogens with one attached hydrogen (secondary N) is 2. The van der Waals surface area contributed by atoms with E-state index in [1.54, 1.807) is 6.33 Å². The second-order valence-corrected chi connectivity index (χ2v) is 5.50. The molecule has 1 aromatic heterocycles. The highest BCUT2D eigenvalue weighted by Crippen LogP contribution is 2.28. The van der Waals surface area contributed by atoms with Gasteiger partial charge in [-0.2, -0.15) is 0 Å². The van der Waals surface area contributed by atoms with E-state index in [1.165, 1.54) is 11.1 Å². The summed E-state index contributed by atoms with van der Waals surface area (Å²) in [6.45, 7) is 6.27. The molecule has 106 valence electrons. The van der Waals surface area contributed by atoms with Crippen LogP contribution in [-0.4, -0.2) is 17.0 Å². The van der Waals surface area contributed by atoms with Crippen molar-refractivity contribution in [3.05, 3.63) is 39.6 Å². The third kappa shape index (κ3) is 2.93. The van der Waals surface area contributed by atoms with E-state index in [9.17, 15) is 0 Å². The fourth-order valence-electron chi connectivity index (χ4n) is 2.23. The van der Waals surface area contributed by atoms with Gasteiger partial charge in [-0.05, 0) is 43.5 Å². The van der Waals surface area contributed by atoms with Crippen molar-refractivity contribution in [3.8, 4) is 0 Å². The Morgan fingerprint density at radius 3 is 2.25 bits per heavy atom. The molecule has 0 saturated heterocycles. The van der Waals surface area contributed by atoms with Gasteiger partial charge in [-0.25, -0.2) is 9.97 Å². The van der Waals surface area contributed by atoms with Crippen LogP contribution in [0.1, 0.15) is 23.6 Å². The molecular formula is C15H19BrN4. The molecule has 0 radical (unpaired) electrons. The third-order valence-electron chi connectivity index (χ3n) is 3.23. The summed E-state index contributed by atoms with van der Waals surface area (Å²) in [4.78, 5) is 8.61. The van der Waals surface area contributed by atoms with Crippen LogP contribution >= 0.6 is 15.9 Å². The fraction of sp³-hybridized carbons (Fsp3) is 0.333. The van der Waals surface area contributed by atoms with Gasteiger partial charge in [0, 0.05) is 22.8 Å². The van der Waals surface area contributed by atoms with Crippen LogP contribution in [0, 0.1) is 13.8 Å². The van der Waals surface area contributed by atoms with Crippen molar-refractivity contribution >= 4 is 33.3 Å². The summed E-state index contributed by atoms with van der Waals surface area (Å²) >= 11 is 3.59. The maximum absolute atomic E-state index is 4.36. The van der Waals surface area contributed by atoms with Gasteiger partial charge in [0.05, 0.1) is 0 Å². The molecule has 1 aromatic carbocycles. The normalized spacial score (nSPS) is 10.4. The van der Waals surface area contributed by atoms with Gasteiger partial charge >= 0.3 is 0 Å². The van der Waals surface area contributed by atoms with E-state index >= 15 is 0 Å². The minimum absolute atomic E-state index is 0.855. The summed E-state index contributed by atoms with van der Waals surface area (Å²) in [6.07, 6.45) is 2.44. The van der Waals surface area contributed by atoms with Gasteiger partial charge in [-0.3, -0.25) is 0 Å². The summed E-state index contributed by atoms with van der Waals surface area (Å²) in [5, 5.41) is 6.50. The van der Waals surface area contributed by atoms with E-state index in [1.807, 2.05) is 7.05 Å². The lowest BCUT2D eigenvalue weighted by Crippen LogP contribution is -2.05. The van der Waals surface area contributed by atoms with Crippen LogP contribution in [0.2, 0.25) is 0 Å². The zero-order valence-electron chi connectivity index (χ0n) is 12.2. The number of aromatic nitrogens is 2. The molecule has 2 aromatic rings. The van der Waals surface area contributed by atoms with E-state index in [0.717, 1.165) is 33.8 Å². The summed E-state index contributed by atoms with van der Waals surface area (Å²) in [6, 6.07) is 4.22. The Morgan fingerprint density at radius 2 is 1.70 bits per heavy atom. The largest absolute Gasteiger partial charge is 0.373 e. The molecule has 0 aliphatic rings. The zero-order chi connectivity index (χ0) is 14.7. The van der Waals surface area contributed by atoms with Crippen LogP contribution in [0.25, 0.3) is 0 Å². The first-order valence-corrected chi connectivity index (χ1v) is 7.41. The Kier molecular flexibility index (Phi) is 4.60. The molecule has 4 nitrogen and oxygen atoms in total. The predicted molar refractivity (Wildman–Crippen MR) is 87.9 cm³/mol. The molecule has 0 spiro atoms. The average Bonchev–Trinajstić information content (AvgIpc) is 2.44. The summed E-state index contributed by atoms with van der Waals surface area (Å²) < 4.78 is 1.15. The van der Waals surface area contributed by atoms with Crippen molar-refractivity contribution < 1.29 is 0 Å². The Labute approximate surface area is 128 Å². The first-order valence-electron chi connectivity index (χ1n) is 6.62. The monoisotopic (exact) mass is 334 g/mol. The molecule has 0 unspecified atom stereocenters. The second-order valence-electron chi connectivity index (χ2n) is 4.70. The molecule has 0 aliphatic heterocycles.